The van der Waals surface area contributed by atoms with Crippen molar-refractivity contribution in [1.82, 2.24) is 0 Å². The minimum absolute atomic E-state index is 0.409. The number of hydrogen-bond acceptors (Lipinski definition) is 0. The highest BCUT2D eigenvalue weighted by molar-refractivity contribution is 9.59. The second kappa shape index (κ2) is 4.60. The van der Waals surface area contributed by atoms with Crippen LogP contribution in [0.2, 0.25) is 0 Å². The van der Waals surface area contributed by atoms with E-state index in [0.717, 1.165) is 12.0 Å². The van der Waals surface area contributed by atoms with Crippen LogP contribution < -0.4 is 0 Å². The van der Waals surface area contributed by atoms with Gasteiger partial charge < -0.3 is 0 Å². The second-order valence-electron chi connectivity index (χ2n) is 4.17. The van der Waals surface area contributed by atoms with Crippen LogP contribution in [0.4, 0.5) is 13.2 Å². The summed E-state index contributed by atoms with van der Waals surface area (Å²) in [5, 5.41) is 0. The van der Waals surface area contributed by atoms with Crippen molar-refractivity contribution in [1.29, 1.82) is 0 Å². The molecule has 1 heterocycles. The lowest BCUT2D eigenvalue weighted by Crippen LogP contribution is -2.15. The van der Waals surface area contributed by atoms with Crippen LogP contribution in [0.3, 0.4) is 0 Å². The normalized spacial score (nSPS) is 26.4. The fourth-order valence-electron chi connectivity index (χ4n) is 2.13. The molecule has 0 N–H and O–H groups in total. The summed E-state index contributed by atoms with van der Waals surface area (Å²) >= 11 is 3.05. The van der Waals surface area contributed by atoms with Gasteiger partial charge in [0.25, 0.3) is 0 Å². The molecule has 0 spiro atoms. The van der Waals surface area contributed by atoms with E-state index < -0.39 is 14.0 Å². The Morgan fingerprint density at radius 1 is 1.17 bits per heavy atom. The van der Waals surface area contributed by atoms with Gasteiger partial charge in [-0.2, -0.15) is 13.2 Å². The van der Waals surface area contributed by atoms with Crippen LogP contribution in [0.1, 0.15) is 31.4 Å². The SMILES string of the molecule is CCC1=Cc2ccc(CC)cc2S1(Br)C(F)(F)F. The molecule has 0 saturated carbocycles. The third kappa shape index (κ3) is 1.92. The van der Waals surface area contributed by atoms with Gasteiger partial charge in [-0.1, -0.05) is 26.0 Å². The molecule has 5 heteroatoms. The summed E-state index contributed by atoms with van der Waals surface area (Å²) in [7, 11) is -3.03. The van der Waals surface area contributed by atoms with Crippen LogP contribution in [-0.2, 0) is 6.42 Å². The summed E-state index contributed by atoms with van der Waals surface area (Å²) in [6, 6.07) is 5.40. The molecule has 100 valence electrons. The van der Waals surface area contributed by atoms with Crippen molar-refractivity contribution in [2.75, 3.05) is 0 Å². The standard InChI is InChI=1S/C13H14BrF3S/c1-3-9-5-6-10-8-11(4-2)18(14,12(10)7-9)13(15,16)17/h5-8H,3-4H2,1-2H3. The van der Waals surface area contributed by atoms with Crippen molar-refractivity contribution in [2.45, 2.75) is 37.1 Å². The first-order valence-electron chi connectivity index (χ1n) is 5.77. The predicted octanol–water partition coefficient (Wildman–Crippen LogP) is 6.01. The molecule has 0 radical (unpaired) electrons. The number of aryl methyl sites for hydroxylation is 1. The lowest BCUT2D eigenvalue weighted by molar-refractivity contribution is -0.0355. The van der Waals surface area contributed by atoms with Crippen molar-refractivity contribution in [2.24, 2.45) is 0 Å². The first-order valence-corrected chi connectivity index (χ1v) is 9.25. The van der Waals surface area contributed by atoms with Crippen LogP contribution in [-0.4, -0.2) is 5.51 Å². The van der Waals surface area contributed by atoms with E-state index in [4.69, 9.17) is 0 Å². The summed E-state index contributed by atoms with van der Waals surface area (Å²) in [5.41, 5.74) is -2.60. The van der Waals surface area contributed by atoms with Crippen molar-refractivity contribution in [3.63, 3.8) is 0 Å². The van der Waals surface area contributed by atoms with Crippen LogP contribution >= 0.6 is 23.3 Å². The molecule has 0 fully saturated rings. The Kier molecular flexibility index (Phi) is 3.58. The maximum atomic E-state index is 13.4. The number of fused-ring (bicyclic) bond motifs is 1. The number of rotatable bonds is 2. The Bertz CT molecular complexity index is 507. The molecule has 18 heavy (non-hydrogen) atoms. The molecule has 0 bridgehead atoms. The molecular formula is C13H14BrF3S. The Balaban J connectivity index is 2.65. The Labute approximate surface area is 114 Å². The topological polar surface area (TPSA) is 0 Å². The third-order valence-corrected chi connectivity index (χ3v) is 9.26. The Morgan fingerprint density at radius 2 is 1.83 bits per heavy atom. The minimum Gasteiger partial charge on any atom is -0.160 e. The van der Waals surface area contributed by atoms with E-state index in [2.05, 4.69) is 14.8 Å². The van der Waals surface area contributed by atoms with E-state index in [9.17, 15) is 13.2 Å². The fraction of sp³-hybridized carbons (Fsp3) is 0.385. The molecule has 0 aromatic heterocycles. The van der Waals surface area contributed by atoms with Crippen LogP contribution in [0, 0.1) is 0 Å². The zero-order valence-electron chi connectivity index (χ0n) is 10.1. The number of allylic oxidation sites excluding steroid dienone is 1. The predicted molar refractivity (Wildman–Crippen MR) is 74.9 cm³/mol. The van der Waals surface area contributed by atoms with Gasteiger partial charge in [0.1, 0.15) is 0 Å². The van der Waals surface area contributed by atoms with Gasteiger partial charge in [-0.25, -0.2) is 0 Å². The lowest BCUT2D eigenvalue weighted by atomic mass is 10.1. The van der Waals surface area contributed by atoms with Gasteiger partial charge in [0.15, 0.2) is 0 Å². The number of benzene rings is 1. The van der Waals surface area contributed by atoms with E-state index >= 15 is 0 Å². The lowest BCUT2D eigenvalue weighted by Gasteiger charge is -2.35. The van der Waals surface area contributed by atoms with E-state index in [0.29, 0.717) is 21.8 Å². The Hall–Kier alpha value is -0.420. The molecule has 1 aromatic carbocycles. The van der Waals surface area contributed by atoms with Gasteiger partial charge in [0.2, 0.25) is 0 Å². The smallest absolute Gasteiger partial charge is 0.160 e. The molecule has 0 amide bonds. The van der Waals surface area contributed by atoms with Gasteiger partial charge in [-0.3, -0.25) is 0 Å². The van der Waals surface area contributed by atoms with Gasteiger partial charge in [0, 0.05) is 4.90 Å². The highest BCUT2D eigenvalue weighted by Crippen LogP contribution is 2.81. The van der Waals surface area contributed by atoms with E-state index in [1.807, 2.05) is 13.0 Å². The average Bonchev–Trinajstić information content (AvgIpc) is 2.62. The van der Waals surface area contributed by atoms with Gasteiger partial charge in [-0.05, 0) is 64.3 Å². The van der Waals surface area contributed by atoms with Crippen molar-refractivity contribution >= 4 is 29.4 Å². The summed E-state index contributed by atoms with van der Waals surface area (Å²) in [4.78, 5) is 0.865. The van der Waals surface area contributed by atoms with Gasteiger partial charge in [-0.15, -0.1) is 0 Å². The average molecular weight is 339 g/mol. The molecule has 1 aliphatic heterocycles. The van der Waals surface area contributed by atoms with Crippen LogP contribution in [0.25, 0.3) is 6.08 Å². The highest BCUT2D eigenvalue weighted by atomic mass is 79.9. The zero-order valence-corrected chi connectivity index (χ0v) is 12.5. The molecule has 0 nitrogen and oxygen atoms in total. The maximum Gasteiger partial charge on any atom is 0.442 e. The summed E-state index contributed by atoms with van der Waals surface area (Å²) < 4.78 is 40.3. The van der Waals surface area contributed by atoms with Crippen molar-refractivity contribution in [3.8, 4) is 0 Å². The quantitative estimate of drug-likeness (QED) is 0.619. The molecule has 0 aliphatic carbocycles. The van der Waals surface area contributed by atoms with Crippen molar-refractivity contribution < 1.29 is 13.2 Å². The van der Waals surface area contributed by atoms with Gasteiger partial charge >= 0.3 is 5.51 Å². The summed E-state index contributed by atoms with van der Waals surface area (Å²) in [5.74, 6) is 0. The molecule has 1 atom stereocenters. The van der Waals surface area contributed by atoms with E-state index in [1.165, 1.54) is 0 Å². The molecule has 2 rings (SSSR count). The number of hydrogen-bond donors (Lipinski definition) is 0. The fourth-order valence-corrected chi connectivity index (χ4v) is 6.22. The summed E-state index contributed by atoms with van der Waals surface area (Å²) in [6.45, 7) is 3.72. The van der Waals surface area contributed by atoms with Crippen LogP contribution in [0.15, 0.2) is 28.0 Å². The molecular weight excluding hydrogens is 325 g/mol. The molecule has 1 unspecified atom stereocenters. The monoisotopic (exact) mass is 338 g/mol. The third-order valence-electron chi connectivity index (χ3n) is 3.13. The molecule has 1 aromatic rings. The zero-order chi connectivity index (χ0) is 13.6. The van der Waals surface area contributed by atoms with E-state index in [1.54, 1.807) is 25.1 Å². The highest BCUT2D eigenvalue weighted by Gasteiger charge is 2.54. The first-order chi connectivity index (χ1) is 8.34. The largest absolute Gasteiger partial charge is 0.442 e. The maximum absolute atomic E-state index is 13.4. The van der Waals surface area contributed by atoms with Crippen LogP contribution in [0.5, 0.6) is 0 Å². The Morgan fingerprint density at radius 3 is 2.33 bits per heavy atom. The molecule has 1 aliphatic rings. The number of alkyl halides is 3. The second-order valence-corrected chi connectivity index (χ2v) is 9.59. The minimum atomic E-state index is -4.24. The van der Waals surface area contributed by atoms with Gasteiger partial charge in [0.05, 0.1) is 0 Å². The van der Waals surface area contributed by atoms with Crippen molar-refractivity contribution in [3.05, 3.63) is 34.2 Å². The number of halogens is 4. The molecule has 0 saturated heterocycles. The summed E-state index contributed by atoms with van der Waals surface area (Å²) in [6.07, 6.45) is 2.84. The first kappa shape index (κ1) is 14.0. The van der Waals surface area contributed by atoms with E-state index in [-0.39, 0.29) is 0 Å².